The van der Waals surface area contributed by atoms with E-state index in [1.165, 1.54) is 0 Å². The molecule has 0 saturated carbocycles. The number of esters is 1. The number of nitrogens with one attached hydrogen (secondary N) is 1. The summed E-state index contributed by atoms with van der Waals surface area (Å²) in [6.07, 6.45) is -0.0992. The molecule has 0 aliphatic heterocycles. The number of hydrogen-bond acceptors (Lipinski definition) is 5. The monoisotopic (exact) mass is 218 g/mol. The highest BCUT2D eigenvalue weighted by Crippen LogP contribution is 1.89. The second-order valence-corrected chi connectivity index (χ2v) is 3.04. The van der Waals surface area contributed by atoms with Crippen LogP contribution in [0.2, 0.25) is 0 Å². The van der Waals surface area contributed by atoms with Gasteiger partial charge in [0.05, 0.1) is 12.7 Å². The van der Waals surface area contributed by atoms with Gasteiger partial charge in [0.1, 0.15) is 0 Å². The van der Waals surface area contributed by atoms with E-state index in [1.807, 2.05) is 0 Å². The fourth-order valence-electron chi connectivity index (χ4n) is 0.812. The van der Waals surface area contributed by atoms with E-state index in [0.29, 0.717) is 6.42 Å². The SMILES string of the molecule is CCOC(=O)C(N)C(=O)NCC(O)CC. The van der Waals surface area contributed by atoms with E-state index >= 15 is 0 Å². The van der Waals surface area contributed by atoms with Crippen LogP contribution in [0.4, 0.5) is 0 Å². The molecule has 2 atom stereocenters. The lowest BCUT2D eigenvalue weighted by Gasteiger charge is -2.13. The van der Waals surface area contributed by atoms with E-state index in [2.05, 4.69) is 10.1 Å². The van der Waals surface area contributed by atoms with Gasteiger partial charge in [-0.25, -0.2) is 4.79 Å². The third-order valence-electron chi connectivity index (χ3n) is 1.81. The third-order valence-corrected chi connectivity index (χ3v) is 1.81. The summed E-state index contributed by atoms with van der Waals surface area (Å²) in [5.41, 5.74) is 5.31. The Bertz CT molecular complexity index is 220. The third kappa shape index (κ3) is 5.34. The van der Waals surface area contributed by atoms with E-state index in [-0.39, 0.29) is 13.2 Å². The second-order valence-electron chi connectivity index (χ2n) is 3.04. The van der Waals surface area contributed by atoms with E-state index in [9.17, 15) is 9.59 Å². The second kappa shape index (κ2) is 7.19. The maximum Gasteiger partial charge on any atom is 0.332 e. The van der Waals surface area contributed by atoms with Gasteiger partial charge in [-0.2, -0.15) is 0 Å². The topological polar surface area (TPSA) is 102 Å². The van der Waals surface area contributed by atoms with Gasteiger partial charge in [0.15, 0.2) is 6.04 Å². The smallest absolute Gasteiger partial charge is 0.332 e. The van der Waals surface area contributed by atoms with Gasteiger partial charge in [0, 0.05) is 6.54 Å². The van der Waals surface area contributed by atoms with Crippen molar-refractivity contribution in [2.75, 3.05) is 13.2 Å². The molecule has 1 amide bonds. The number of aliphatic hydroxyl groups is 1. The Hall–Kier alpha value is -1.14. The molecule has 6 nitrogen and oxygen atoms in total. The largest absolute Gasteiger partial charge is 0.464 e. The first-order chi connectivity index (χ1) is 7.02. The average Bonchev–Trinajstić information content (AvgIpc) is 2.24. The predicted molar refractivity (Wildman–Crippen MR) is 53.9 cm³/mol. The van der Waals surface area contributed by atoms with Crippen LogP contribution < -0.4 is 11.1 Å². The zero-order valence-corrected chi connectivity index (χ0v) is 9.03. The summed E-state index contributed by atoms with van der Waals surface area (Å²) < 4.78 is 4.57. The quantitative estimate of drug-likeness (QED) is 0.382. The van der Waals surface area contributed by atoms with Crippen LogP contribution >= 0.6 is 0 Å². The van der Waals surface area contributed by atoms with Crippen molar-refractivity contribution in [2.24, 2.45) is 5.73 Å². The first-order valence-corrected chi connectivity index (χ1v) is 4.90. The molecule has 0 aliphatic carbocycles. The minimum absolute atomic E-state index is 0.0858. The Morgan fingerprint density at radius 2 is 2.07 bits per heavy atom. The summed E-state index contributed by atoms with van der Waals surface area (Å²) >= 11 is 0. The summed E-state index contributed by atoms with van der Waals surface area (Å²) in [6, 6.07) is -1.32. The fourth-order valence-corrected chi connectivity index (χ4v) is 0.812. The molecule has 0 aromatic rings. The molecule has 0 fully saturated rings. The van der Waals surface area contributed by atoms with Gasteiger partial charge in [-0.15, -0.1) is 0 Å². The molecule has 0 rings (SSSR count). The van der Waals surface area contributed by atoms with Crippen LogP contribution in [0.25, 0.3) is 0 Å². The number of rotatable bonds is 6. The molecule has 0 saturated heterocycles. The highest BCUT2D eigenvalue weighted by Gasteiger charge is 2.23. The molecule has 88 valence electrons. The number of carbonyl (C=O) groups excluding carboxylic acids is 2. The van der Waals surface area contributed by atoms with Crippen molar-refractivity contribution in [3.05, 3.63) is 0 Å². The Labute approximate surface area is 88.8 Å². The maximum atomic E-state index is 11.2. The Morgan fingerprint density at radius 3 is 2.53 bits per heavy atom. The molecule has 4 N–H and O–H groups in total. The lowest BCUT2D eigenvalue weighted by Crippen LogP contribution is -2.48. The standard InChI is InChI=1S/C9H18N2O4/c1-3-6(12)5-11-8(13)7(10)9(14)15-4-2/h6-7,12H,3-5,10H2,1-2H3,(H,11,13). The van der Waals surface area contributed by atoms with Crippen molar-refractivity contribution in [1.82, 2.24) is 5.32 Å². The lowest BCUT2D eigenvalue weighted by molar-refractivity contribution is -0.148. The van der Waals surface area contributed by atoms with Crippen molar-refractivity contribution >= 4 is 11.9 Å². The number of amides is 1. The van der Waals surface area contributed by atoms with Crippen LogP contribution in [-0.2, 0) is 14.3 Å². The predicted octanol–water partition coefficient (Wildman–Crippen LogP) is -1.24. The molecule has 6 heteroatoms. The van der Waals surface area contributed by atoms with Gasteiger partial charge in [0.25, 0.3) is 0 Å². The van der Waals surface area contributed by atoms with Gasteiger partial charge in [-0.05, 0) is 13.3 Å². The zero-order valence-electron chi connectivity index (χ0n) is 9.03. The fraction of sp³-hybridized carbons (Fsp3) is 0.778. The highest BCUT2D eigenvalue weighted by atomic mass is 16.5. The number of nitrogens with two attached hydrogens (primary N) is 1. The van der Waals surface area contributed by atoms with E-state index < -0.39 is 24.0 Å². The Balaban J connectivity index is 3.93. The van der Waals surface area contributed by atoms with Gasteiger partial charge < -0.3 is 20.9 Å². The number of carbonyl (C=O) groups is 2. The van der Waals surface area contributed by atoms with E-state index in [0.717, 1.165) is 0 Å². The van der Waals surface area contributed by atoms with Gasteiger partial charge in [0.2, 0.25) is 5.91 Å². The van der Waals surface area contributed by atoms with Crippen molar-refractivity contribution in [3.63, 3.8) is 0 Å². The maximum absolute atomic E-state index is 11.2. The van der Waals surface area contributed by atoms with Crippen LogP contribution in [0.3, 0.4) is 0 Å². The number of hydrogen-bond donors (Lipinski definition) is 3. The number of ether oxygens (including phenoxy) is 1. The molecule has 0 heterocycles. The average molecular weight is 218 g/mol. The van der Waals surface area contributed by atoms with Crippen molar-refractivity contribution in [1.29, 1.82) is 0 Å². The zero-order chi connectivity index (χ0) is 11.8. The van der Waals surface area contributed by atoms with Gasteiger partial charge in [-0.3, -0.25) is 4.79 Å². The molecule has 0 radical (unpaired) electrons. The molecule has 0 aromatic heterocycles. The van der Waals surface area contributed by atoms with Crippen LogP contribution in [0.15, 0.2) is 0 Å². The normalized spacial score (nSPS) is 14.1. The molecule has 2 unspecified atom stereocenters. The Kier molecular flexibility index (Phi) is 6.64. The van der Waals surface area contributed by atoms with Crippen molar-refractivity contribution in [3.8, 4) is 0 Å². The molecule has 15 heavy (non-hydrogen) atoms. The van der Waals surface area contributed by atoms with Crippen LogP contribution in [0.1, 0.15) is 20.3 Å². The Morgan fingerprint density at radius 1 is 1.47 bits per heavy atom. The first kappa shape index (κ1) is 13.9. The van der Waals surface area contributed by atoms with E-state index in [1.54, 1.807) is 13.8 Å². The molecule has 0 aromatic carbocycles. The molecular formula is C9H18N2O4. The van der Waals surface area contributed by atoms with Crippen LogP contribution in [0.5, 0.6) is 0 Å². The van der Waals surface area contributed by atoms with E-state index in [4.69, 9.17) is 10.8 Å². The van der Waals surface area contributed by atoms with Gasteiger partial charge >= 0.3 is 5.97 Å². The van der Waals surface area contributed by atoms with Crippen LogP contribution in [0, 0.1) is 0 Å². The highest BCUT2D eigenvalue weighted by molar-refractivity contribution is 6.01. The summed E-state index contributed by atoms with van der Waals surface area (Å²) in [5.74, 6) is -1.40. The molecular weight excluding hydrogens is 200 g/mol. The lowest BCUT2D eigenvalue weighted by atomic mass is 10.2. The van der Waals surface area contributed by atoms with Gasteiger partial charge in [-0.1, -0.05) is 6.92 Å². The van der Waals surface area contributed by atoms with Crippen molar-refractivity contribution in [2.45, 2.75) is 32.4 Å². The minimum atomic E-state index is -1.32. The molecule has 0 aliphatic rings. The molecule has 0 bridgehead atoms. The van der Waals surface area contributed by atoms with Crippen molar-refractivity contribution < 1.29 is 19.4 Å². The number of aliphatic hydroxyl groups excluding tert-OH is 1. The first-order valence-electron chi connectivity index (χ1n) is 4.90. The minimum Gasteiger partial charge on any atom is -0.464 e. The summed E-state index contributed by atoms with van der Waals surface area (Å²) in [6.45, 7) is 3.67. The summed E-state index contributed by atoms with van der Waals surface area (Å²) in [4.78, 5) is 22.3. The molecule has 0 spiro atoms. The summed E-state index contributed by atoms with van der Waals surface area (Å²) in [5, 5.41) is 11.5. The van der Waals surface area contributed by atoms with Crippen LogP contribution in [-0.4, -0.2) is 42.3 Å². The summed E-state index contributed by atoms with van der Waals surface area (Å²) in [7, 11) is 0.